The molecule has 10 heteroatoms. The van der Waals surface area contributed by atoms with E-state index in [9.17, 15) is 22.4 Å². The summed E-state index contributed by atoms with van der Waals surface area (Å²) in [5.41, 5.74) is -0.516. The van der Waals surface area contributed by atoms with E-state index in [-0.39, 0.29) is 35.1 Å². The minimum absolute atomic E-state index is 0.0636. The van der Waals surface area contributed by atoms with Crippen molar-refractivity contribution < 1.29 is 27.1 Å². The number of rotatable bonds is 11. The number of benzene rings is 1. The topological polar surface area (TPSA) is 55.3 Å². The van der Waals surface area contributed by atoms with Crippen LogP contribution in [0.25, 0.3) is 11.3 Å². The minimum atomic E-state index is -4.63. The standard InChI is InChI=1S/C26H28F4N3O2S/c1-3-5-6-7-8-9-11-18-13-14-20(16-21(18)26(28,29)30)33(25(34)35-4-2)24-32-22(23(27)36-24)19-12-10-15-31-17-19/h10,12-17H,2-9,11H2,1H3. The number of nitrogens with zero attached hydrogens (tertiary/aromatic N) is 3. The van der Waals surface area contributed by atoms with Gasteiger partial charge in [0.1, 0.15) is 5.69 Å². The third kappa shape index (κ3) is 7.02. The molecule has 0 aliphatic carbocycles. The van der Waals surface area contributed by atoms with Crippen LogP contribution >= 0.6 is 11.3 Å². The van der Waals surface area contributed by atoms with Crippen molar-refractivity contribution in [3.05, 3.63) is 65.9 Å². The van der Waals surface area contributed by atoms with E-state index in [4.69, 9.17) is 4.74 Å². The van der Waals surface area contributed by atoms with Crippen LogP contribution in [0.3, 0.4) is 0 Å². The lowest BCUT2D eigenvalue weighted by molar-refractivity contribution is -0.138. The summed E-state index contributed by atoms with van der Waals surface area (Å²) in [7, 11) is 0. The second-order valence-electron chi connectivity index (χ2n) is 8.17. The van der Waals surface area contributed by atoms with Gasteiger partial charge < -0.3 is 4.74 Å². The number of hydrogen-bond acceptors (Lipinski definition) is 5. The number of amides is 1. The predicted molar refractivity (Wildman–Crippen MR) is 133 cm³/mol. The number of carbonyl (C=O) groups excluding carboxylic acids is 1. The highest BCUT2D eigenvalue weighted by atomic mass is 32.1. The van der Waals surface area contributed by atoms with Crippen LogP contribution in [0, 0.1) is 12.1 Å². The average Bonchev–Trinajstić information content (AvgIpc) is 3.23. The molecule has 0 bridgehead atoms. The lowest BCUT2D eigenvalue weighted by atomic mass is 9.99. The Labute approximate surface area is 212 Å². The monoisotopic (exact) mass is 522 g/mol. The number of unbranched alkanes of at least 4 members (excludes halogenated alkanes) is 5. The van der Waals surface area contributed by atoms with Crippen molar-refractivity contribution >= 4 is 28.2 Å². The van der Waals surface area contributed by atoms with Crippen LogP contribution in [0.2, 0.25) is 0 Å². The second kappa shape index (κ2) is 12.8. The highest BCUT2D eigenvalue weighted by Crippen LogP contribution is 2.39. The number of alkyl halides is 3. The summed E-state index contributed by atoms with van der Waals surface area (Å²) in [6.45, 7) is 5.29. The van der Waals surface area contributed by atoms with Crippen LogP contribution < -0.4 is 4.90 Å². The van der Waals surface area contributed by atoms with Gasteiger partial charge in [0.15, 0.2) is 0 Å². The molecule has 193 valence electrons. The zero-order valence-corrected chi connectivity index (χ0v) is 20.8. The van der Waals surface area contributed by atoms with E-state index in [1.54, 1.807) is 12.1 Å². The molecule has 0 aliphatic heterocycles. The molecule has 0 saturated carbocycles. The van der Waals surface area contributed by atoms with Gasteiger partial charge in [-0.15, -0.1) is 0 Å². The number of halogens is 4. The van der Waals surface area contributed by atoms with Crippen LogP contribution in [0.15, 0.2) is 42.7 Å². The third-order valence-corrected chi connectivity index (χ3v) is 6.39. The molecule has 1 amide bonds. The van der Waals surface area contributed by atoms with E-state index in [2.05, 4.69) is 23.8 Å². The largest absolute Gasteiger partial charge is 0.449 e. The fourth-order valence-corrected chi connectivity index (χ4v) is 4.62. The number of thiazole rings is 1. The van der Waals surface area contributed by atoms with Crippen molar-refractivity contribution in [1.82, 2.24) is 9.97 Å². The summed E-state index contributed by atoms with van der Waals surface area (Å²) in [5, 5.41) is -0.872. The molecule has 3 rings (SSSR count). The Bertz CT molecular complexity index is 1140. The normalized spacial score (nSPS) is 11.5. The maximum atomic E-state index is 14.8. The van der Waals surface area contributed by atoms with Gasteiger partial charge in [0.05, 0.1) is 17.9 Å². The van der Waals surface area contributed by atoms with Crippen LogP contribution in [0.1, 0.15) is 56.6 Å². The maximum Gasteiger partial charge on any atom is 0.420 e. The Hall–Kier alpha value is -3.01. The zero-order chi connectivity index (χ0) is 26.1. The van der Waals surface area contributed by atoms with Gasteiger partial charge in [-0.3, -0.25) is 4.98 Å². The summed E-state index contributed by atoms with van der Waals surface area (Å²) in [4.78, 5) is 21.7. The number of ether oxygens (including phenoxy) is 1. The highest BCUT2D eigenvalue weighted by Gasteiger charge is 2.35. The molecular formula is C26H28F4N3O2S. The molecule has 36 heavy (non-hydrogen) atoms. The Balaban J connectivity index is 1.95. The summed E-state index contributed by atoms with van der Waals surface area (Å²) in [6.07, 6.45) is 3.27. The number of aryl methyl sites for hydroxylation is 1. The van der Waals surface area contributed by atoms with E-state index in [0.717, 1.165) is 43.1 Å². The molecule has 0 N–H and O–H groups in total. The molecule has 2 heterocycles. The predicted octanol–water partition coefficient (Wildman–Crippen LogP) is 8.37. The van der Waals surface area contributed by atoms with Gasteiger partial charge >= 0.3 is 12.3 Å². The third-order valence-electron chi connectivity index (χ3n) is 5.57. The van der Waals surface area contributed by atoms with Crippen LogP contribution in [0.4, 0.5) is 33.2 Å². The van der Waals surface area contributed by atoms with Crippen molar-refractivity contribution in [2.24, 2.45) is 0 Å². The molecule has 0 aliphatic rings. The van der Waals surface area contributed by atoms with Gasteiger partial charge in [-0.1, -0.05) is 56.4 Å². The Morgan fingerprint density at radius 1 is 1.14 bits per heavy atom. The number of aromatic nitrogens is 2. The lowest BCUT2D eigenvalue weighted by Crippen LogP contribution is -2.27. The lowest BCUT2D eigenvalue weighted by Gasteiger charge is -2.22. The first-order chi connectivity index (χ1) is 17.3. The summed E-state index contributed by atoms with van der Waals surface area (Å²) in [5.74, 6) is 0. The van der Waals surface area contributed by atoms with Crippen molar-refractivity contribution in [2.75, 3.05) is 11.5 Å². The molecule has 5 nitrogen and oxygen atoms in total. The molecule has 0 saturated heterocycles. The Morgan fingerprint density at radius 3 is 2.56 bits per heavy atom. The Morgan fingerprint density at radius 2 is 1.89 bits per heavy atom. The Kier molecular flexibility index (Phi) is 9.81. The van der Waals surface area contributed by atoms with Gasteiger partial charge in [-0.05, 0) is 49.6 Å². The highest BCUT2D eigenvalue weighted by molar-refractivity contribution is 7.14. The van der Waals surface area contributed by atoms with Crippen molar-refractivity contribution in [1.29, 1.82) is 0 Å². The second-order valence-corrected chi connectivity index (χ2v) is 9.09. The fraction of sp³-hybridized carbons (Fsp3) is 0.385. The van der Waals surface area contributed by atoms with Crippen LogP contribution in [-0.2, 0) is 17.3 Å². The number of carbonyl (C=O) groups is 1. The van der Waals surface area contributed by atoms with E-state index in [1.807, 2.05) is 0 Å². The maximum absolute atomic E-state index is 14.8. The van der Waals surface area contributed by atoms with Crippen molar-refractivity contribution in [2.45, 2.75) is 58.0 Å². The molecule has 0 spiro atoms. The minimum Gasteiger partial charge on any atom is -0.449 e. The molecule has 1 aromatic carbocycles. The van der Waals surface area contributed by atoms with Crippen LogP contribution in [-0.4, -0.2) is 22.7 Å². The van der Waals surface area contributed by atoms with Crippen LogP contribution in [0.5, 0.6) is 0 Å². The first-order valence-electron chi connectivity index (χ1n) is 11.8. The molecule has 2 aromatic heterocycles. The van der Waals surface area contributed by atoms with Gasteiger partial charge in [0.25, 0.3) is 0 Å². The van der Waals surface area contributed by atoms with Gasteiger partial charge in [-0.2, -0.15) is 17.6 Å². The molecule has 0 fully saturated rings. The van der Waals surface area contributed by atoms with E-state index < -0.39 is 23.0 Å². The smallest absolute Gasteiger partial charge is 0.420 e. The van der Waals surface area contributed by atoms with Gasteiger partial charge in [-0.25, -0.2) is 14.7 Å². The summed E-state index contributed by atoms with van der Waals surface area (Å²) in [6, 6.07) is 6.84. The number of hydrogen-bond donors (Lipinski definition) is 0. The first kappa shape index (κ1) is 27.6. The molecular weight excluding hydrogens is 494 g/mol. The molecule has 0 atom stereocenters. The first-order valence-corrected chi connectivity index (χ1v) is 12.6. The van der Waals surface area contributed by atoms with E-state index >= 15 is 0 Å². The van der Waals surface area contributed by atoms with Crippen molar-refractivity contribution in [3.8, 4) is 11.3 Å². The molecule has 0 unspecified atom stereocenters. The van der Waals surface area contributed by atoms with E-state index in [0.29, 0.717) is 23.3 Å². The molecule has 1 radical (unpaired) electrons. The number of anilines is 2. The quantitative estimate of drug-likeness (QED) is 0.187. The van der Waals surface area contributed by atoms with Crippen molar-refractivity contribution in [3.63, 3.8) is 0 Å². The van der Waals surface area contributed by atoms with Gasteiger partial charge in [0.2, 0.25) is 10.3 Å². The fourth-order valence-electron chi connectivity index (χ4n) is 3.79. The average molecular weight is 523 g/mol. The number of pyridine rings is 1. The van der Waals surface area contributed by atoms with Gasteiger partial charge in [0, 0.05) is 18.0 Å². The molecule has 3 aromatic rings. The SMILES string of the molecule is [CH2]COC(=O)N(c1ccc(CCCCCCCC)c(C(F)(F)F)c1)c1nc(-c2cccnc2)c(F)s1. The summed E-state index contributed by atoms with van der Waals surface area (Å²) >= 11 is 0.525. The van der Waals surface area contributed by atoms with E-state index in [1.165, 1.54) is 24.5 Å². The zero-order valence-electron chi connectivity index (χ0n) is 20.0. The summed E-state index contributed by atoms with van der Waals surface area (Å²) < 4.78 is 61.7.